The molecule has 0 aromatic heterocycles. The molecule has 0 aliphatic carbocycles. The fourth-order valence-corrected chi connectivity index (χ4v) is 1.56. The van der Waals surface area contributed by atoms with Crippen LogP contribution in [0, 0.1) is 0 Å². The minimum atomic E-state index is -0.229. The van der Waals surface area contributed by atoms with Gasteiger partial charge in [-0.2, -0.15) is 0 Å². The molecular formula is C13H19NO3. The van der Waals surface area contributed by atoms with E-state index in [0.29, 0.717) is 13.0 Å². The molecule has 1 rings (SSSR count). The fraction of sp³-hybridized carbons (Fsp3) is 0.462. The van der Waals surface area contributed by atoms with Crippen molar-refractivity contribution < 1.29 is 14.6 Å². The summed E-state index contributed by atoms with van der Waals surface area (Å²) in [5.74, 6) is -0.229. The second-order valence-electron chi connectivity index (χ2n) is 3.78. The summed E-state index contributed by atoms with van der Waals surface area (Å²) >= 11 is 0. The monoisotopic (exact) mass is 237 g/mol. The number of carbonyl (C=O) groups is 1. The smallest absolute Gasteiger partial charge is 0.309 e. The standard InChI is InChI=1S/C13H19NO3/c1-17-13(16)9-11-5-2-3-6-12(11)10-14-7-4-8-15/h2-3,5-6,14-15H,4,7-10H2,1H3. The number of hydrogen-bond acceptors (Lipinski definition) is 4. The Morgan fingerprint density at radius 3 is 2.71 bits per heavy atom. The van der Waals surface area contributed by atoms with Gasteiger partial charge in [-0.3, -0.25) is 4.79 Å². The quantitative estimate of drug-likeness (QED) is 0.546. The van der Waals surface area contributed by atoms with Crippen molar-refractivity contribution in [3.8, 4) is 0 Å². The van der Waals surface area contributed by atoms with Gasteiger partial charge in [0.1, 0.15) is 0 Å². The Labute approximate surface area is 102 Å². The van der Waals surface area contributed by atoms with E-state index in [9.17, 15) is 4.79 Å². The van der Waals surface area contributed by atoms with Crippen molar-refractivity contribution >= 4 is 5.97 Å². The van der Waals surface area contributed by atoms with Gasteiger partial charge in [0.25, 0.3) is 0 Å². The zero-order valence-corrected chi connectivity index (χ0v) is 10.1. The number of methoxy groups -OCH3 is 1. The van der Waals surface area contributed by atoms with E-state index in [-0.39, 0.29) is 12.6 Å². The first-order valence-corrected chi connectivity index (χ1v) is 5.73. The van der Waals surface area contributed by atoms with Crippen LogP contribution in [0.2, 0.25) is 0 Å². The first-order valence-electron chi connectivity index (χ1n) is 5.73. The van der Waals surface area contributed by atoms with Crippen molar-refractivity contribution in [1.82, 2.24) is 5.32 Å². The van der Waals surface area contributed by atoms with Crippen LogP contribution in [0.3, 0.4) is 0 Å². The number of benzene rings is 1. The van der Waals surface area contributed by atoms with E-state index in [4.69, 9.17) is 5.11 Å². The van der Waals surface area contributed by atoms with Gasteiger partial charge in [-0.1, -0.05) is 24.3 Å². The summed E-state index contributed by atoms with van der Waals surface area (Å²) in [7, 11) is 1.39. The van der Waals surface area contributed by atoms with Gasteiger partial charge < -0.3 is 15.2 Å². The number of aliphatic hydroxyl groups excluding tert-OH is 1. The fourth-order valence-electron chi connectivity index (χ4n) is 1.56. The summed E-state index contributed by atoms with van der Waals surface area (Å²) in [5, 5.41) is 11.9. The molecule has 17 heavy (non-hydrogen) atoms. The minimum Gasteiger partial charge on any atom is -0.469 e. The van der Waals surface area contributed by atoms with Crippen molar-refractivity contribution in [1.29, 1.82) is 0 Å². The highest BCUT2D eigenvalue weighted by Crippen LogP contribution is 2.09. The van der Waals surface area contributed by atoms with E-state index in [1.165, 1.54) is 7.11 Å². The van der Waals surface area contributed by atoms with Crippen molar-refractivity contribution in [2.45, 2.75) is 19.4 Å². The molecule has 0 unspecified atom stereocenters. The third kappa shape index (κ3) is 4.97. The highest BCUT2D eigenvalue weighted by Gasteiger charge is 2.06. The molecule has 4 nitrogen and oxygen atoms in total. The number of aliphatic hydroxyl groups is 1. The van der Waals surface area contributed by atoms with Crippen LogP contribution in [-0.4, -0.2) is 31.3 Å². The maximum absolute atomic E-state index is 11.2. The van der Waals surface area contributed by atoms with Gasteiger partial charge in [0, 0.05) is 13.2 Å². The van der Waals surface area contributed by atoms with Crippen LogP contribution in [0.5, 0.6) is 0 Å². The number of nitrogens with one attached hydrogen (secondary N) is 1. The van der Waals surface area contributed by atoms with Crippen LogP contribution in [-0.2, 0) is 22.5 Å². The SMILES string of the molecule is COC(=O)Cc1ccccc1CNCCCO. The van der Waals surface area contributed by atoms with Gasteiger partial charge in [0.05, 0.1) is 13.5 Å². The molecular weight excluding hydrogens is 218 g/mol. The molecule has 0 saturated carbocycles. The zero-order chi connectivity index (χ0) is 12.5. The van der Waals surface area contributed by atoms with Crippen molar-refractivity contribution in [2.24, 2.45) is 0 Å². The van der Waals surface area contributed by atoms with Gasteiger partial charge in [-0.25, -0.2) is 0 Å². The molecule has 1 aromatic rings. The lowest BCUT2D eigenvalue weighted by atomic mass is 10.0. The Hall–Kier alpha value is -1.39. The molecule has 1 aromatic carbocycles. The van der Waals surface area contributed by atoms with E-state index in [2.05, 4.69) is 10.1 Å². The number of hydrogen-bond donors (Lipinski definition) is 2. The molecule has 0 bridgehead atoms. The van der Waals surface area contributed by atoms with E-state index in [1.807, 2.05) is 24.3 Å². The third-order valence-electron chi connectivity index (χ3n) is 2.51. The molecule has 0 heterocycles. The molecule has 0 radical (unpaired) electrons. The summed E-state index contributed by atoms with van der Waals surface area (Å²) in [5.41, 5.74) is 2.08. The van der Waals surface area contributed by atoms with Crippen LogP contribution >= 0.6 is 0 Å². The highest BCUT2D eigenvalue weighted by atomic mass is 16.5. The predicted molar refractivity (Wildman–Crippen MR) is 65.6 cm³/mol. The molecule has 0 amide bonds. The third-order valence-corrected chi connectivity index (χ3v) is 2.51. The molecule has 2 N–H and O–H groups in total. The molecule has 94 valence electrons. The lowest BCUT2D eigenvalue weighted by molar-refractivity contribution is -0.139. The zero-order valence-electron chi connectivity index (χ0n) is 10.1. The normalized spacial score (nSPS) is 10.2. The molecule has 0 aliphatic rings. The van der Waals surface area contributed by atoms with E-state index in [0.717, 1.165) is 24.1 Å². The molecule has 0 atom stereocenters. The van der Waals surface area contributed by atoms with Crippen molar-refractivity contribution in [3.63, 3.8) is 0 Å². The lowest BCUT2D eigenvalue weighted by Gasteiger charge is -2.09. The van der Waals surface area contributed by atoms with Gasteiger partial charge in [-0.05, 0) is 24.1 Å². The first kappa shape index (κ1) is 13.7. The maximum atomic E-state index is 11.2. The topological polar surface area (TPSA) is 58.6 Å². The second-order valence-corrected chi connectivity index (χ2v) is 3.78. The molecule has 4 heteroatoms. The number of ether oxygens (including phenoxy) is 1. The van der Waals surface area contributed by atoms with E-state index < -0.39 is 0 Å². The summed E-state index contributed by atoms with van der Waals surface area (Å²) in [6.45, 7) is 1.66. The average molecular weight is 237 g/mol. The van der Waals surface area contributed by atoms with Gasteiger partial charge >= 0.3 is 5.97 Å². The Morgan fingerprint density at radius 1 is 1.35 bits per heavy atom. The number of esters is 1. The minimum absolute atomic E-state index is 0.191. The Kier molecular flexibility index (Phi) is 6.29. The first-order chi connectivity index (χ1) is 8.27. The number of carbonyl (C=O) groups excluding carboxylic acids is 1. The Bertz CT molecular complexity index is 352. The number of rotatable bonds is 7. The van der Waals surface area contributed by atoms with Crippen LogP contribution < -0.4 is 5.32 Å². The maximum Gasteiger partial charge on any atom is 0.309 e. The van der Waals surface area contributed by atoms with E-state index in [1.54, 1.807) is 0 Å². The van der Waals surface area contributed by atoms with Crippen LogP contribution in [0.25, 0.3) is 0 Å². The summed E-state index contributed by atoms with van der Waals surface area (Å²) < 4.78 is 4.66. The lowest BCUT2D eigenvalue weighted by Crippen LogP contribution is -2.17. The summed E-state index contributed by atoms with van der Waals surface area (Å²) in [6.07, 6.45) is 1.04. The van der Waals surface area contributed by atoms with Gasteiger partial charge in [0.15, 0.2) is 0 Å². The molecule has 0 spiro atoms. The van der Waals surface area contributed by atoms with Gasteiger partial charge in [0.2, 0.25) is 0 Å². The molecule has 0 saturated heterocycles. The van der Waals surface area contributed by atoms with Crippen LogP contribution in [0.4, 0.5) is 0 Å². The van der Waals surface area contributed by atoms with E-state index >= 15 is 0 Å². The van der Waals surface area contributed by atoms with Gasteiger partial charge in [-0.15, -0.1) is 0 Å². The van der Waals surface area contributed by atoms with Crippen LogP contribution in [0.1, 0.15) is 17.5 Å². The predicted octanol–water partition coefficient (Wildman–Crippen LogP) is 0.874. The Balaban J connectivity index is 2.54. The van der Waals surface area contributed by atoms with Crippen molar-refractivity contribution in [3.05, 3.63) is 35.4 Å². The van der Waals surface area contributed by atoms with Crippen molar-refractivity contribution in [2.75, 3.05) is 20.3 Å². The largest absolute Gasteiger partial charge is 0.469 e. The Morgan fingerprint density at radius 2 is 2.06 bits per heavy atom. The van der Waals surface area contributed by atoms with Crippen LogP contribution in [0.15, 0.2) is 24.3 Å². The second kappa shape index (κ2) is 7.81. The summed E-state index contributed by atoms with van der Waals surface area (Å²) in [6, 6.07) is 7.78. The summed E-state index contributed by atoms with van der Waals surface area (Å²) in [4.78, 5) is 11.2. The highest BCUT2D eigenvalue weighted by molar-refractivity contribution is 5.72. The average Bonchev–Trinajstić information content (AvgIpc) is 2.36. The molecule has 0 aliphatic heterocycles. The molecule has 0 fully saturated rings.